The van der Waals surface area contributed by atoms with Crippen molar-refractivity contribution >= 4 is 17.7 Å². The Kier molecular flexibility index (Phi) is 7.24. The van der Waals surface area contributed by atoms with Crippen LogP contribution < -0.4 is 25.4 Å². The third kappa shape index (κ3) is 5.21. The van der Waals surface area contributed by atoms with E-state index in [1.807, 2.05) is 36.4 Å². The van der Waals surface area contributed by atoms with Gasteiger partial charge in [-0.1, -0.05) is 17.8 Å². The number of methoxy groups -OCH3 is 3. The zero-order chi connectivity index (χ0) is 22.4. The molecule has 1 unspecified atom stereocenters. The van der Waals surface area contributed by atoms with Crippen molar-refractivity contribution in [3.05, 3.63) is 48.0 Å². The maximum atomic E-state index is 12.6. The summed E-state index contributed by atoms with van der Waals surface area (Å²) in [5.41, 5.74) is 1.69. The van der Waals surface area contributed by atoms with Crippen LogP contribution >= 0.6 is 11.8 Å². The first-order chi connectivity index (χ1) is 15.0. The number of thioether (sulfide) groups is 1. The topological polar surface area (TPSA) is 114 Å². The average Bonchev–Trinajstić information content (AvgIpc) is 3.16. The molecule has 164 valence electrons. The fourth-order valence-corrected chi connectivity index (χ4v) is 3.62. The highest BCUT2D eigenvalue weighted by Gasteiger charge is 2.20. The van der Waals surface area contributed by atoms with Crippen LogP contribution in [0.2, 0.25) is 0 Å². The second-order valence-corrected chi connectivity index (χ2v) is 7.88. The van der Waals surface area contributed by atoms with Gasteiger partial charge in [-0.15, -0.1) is 10.2 Å². The van der Waals surface area contributed by atoms with E-state index in [1.54, 1.807) is 34.3 Å². The quantitative estimate of drug-likeness (QED) is 0.383. The highest BCUT2D eigenvalue weighted by atomic mass is 32.2. The van der Waals surface area contributed by atoms with Crippen LogP contribution in [0.3, 0.4) is 0 Å². The van der Waals surface area contributed by atoms with Crippen molar-refractivity contribution in [2.45, 2.75) is 23.9 Å². The fourth-order valence-electron chi connectivity index (χ4n) is 2.83. The zero-order valence-corrected chi connectivity index (χ0v) is 18.6. The molecule has 1 heterocycles. The van der Waals surface area contributed by atoms with E-state index in [1.165, 1.54) is 16.4 Å². The molecule has 0 saturated carbocycles. The highest BCUT2D eigenvalue weighted by molar-refractivity contribution is 8.00. The van der Waals surface area contributed by atoms with Crippen molar-refractivity contribution in [1.82, 2.24) is 20.2 Å². The Labute approximate surface area is 184 Å². The van der Waals surface area contributed by atoms with Gasteiger partial charge in [0.25, 0.3) is 0 Å². The van der Waals surface area contributed by atoms with E-state index in [9.17, 15) is 4.79 Å². The van der Waals surface area contributed by atoms with Gasteiger partial charge >= 0.3 is 0 Å². The minimum absolute atomic E-state index is 0.145. The summed E-state index contributed by atoms with van der Waals surface area (Å²) in [6.45, 7) is 2.15. The zero-order valence-electron chi connectivity index (χ0n) is 17.8. The molecule has 0 spiro atoms. The lowest BCUT2D eigenvalue weighted by Crippen LogP contribution is -2.30. The SMILES string of the molecule is COc1ccc(-c2nnc(SC(C)C(=O)NCc3ccc(OC)c(OC)c3)n2N)cc1. The smallest absolute Gasteiger partial charge is 0.233 e. The Morgan fingerprint density at radius 1 is 1.06 bits per heavy atom. The molecule has 3 rings (SSSR count). The number of carbonyl (C=O) groups is 1. The number of ether oxygens (including phenoxy) is 3. The molecule has 0 aliphatic carbocycles. The molecular weight excluding hydrogens is 418 g/mol. The van der Waals surface area contributed by atoms with E-state index < -0.39 is 5.25 Å². The normalized spacial score (nSPS) is 11.6. The largest absolute Gasteiger partial charge is 0.497 e. The van der Waals surface area contributed by atoms with Gasteiger partial charge in [0, 0.05) is 12.1 Å². The van der Waals surface area contributed by atoms with E-state index in [0.29, 0.717) is 29.0 Å². The standard InChI is InChI=1S/C21H25N5O4S/c1-13(20(27)23-12-14-5-10-17(29-3)18(11-14)30-4)31-21-25-24-19(26(21)22)15-6-8-16(28-2)9-7-15/h5-11,13H,12,22H2,1-4H3,(H,23,27). The number of nitrogen functional groups attached to an aromatic ring is 1. The molecule has 9 nitrogen and oxygen atoms in total. The number of nitrogens with zero attached hydrogens (tertiary/aromatic N) is 3. The molecule has 0 aliphatic rings. The molecule has 0 saturated heterocycles. The van der Waals surface area contributed by atoms with Gasteiger partial charge in [0.2, 0.25) is 11.1 Å². The van der Waals surface area contributed by atoms with Gasteiger partial charge < -0.3 is 25.4 Å². The summed E-state index contributed by atoms with van der Waals surface area (Å²) in [6, 6.07) is 12.8. The molecule has 10 heteroatoms. The molecule has 0 radical (unpaired) electrons. The molecule has 0 fully saturated rings. The maximum absolute atomic E-state index is 12.6. The van der Waals surface area contributed by atoms with Gasteiger partial charge in [-0.2, -0.15) is 0 Å². The second-order valence-electron chi connectivity index (χ2n) is 6.57. The minimum atomic E-state index is -0.421. The molecule has 3 aromatic rings. The second kappa shape index (κ2) is 10.1. The number of benzene rings is 2. The van der Waals surface area contributed by atoms with Crippen LogP contribution in [0.15, 0.2) is 47.6 Å². The summed E-state index contributed by atoms with van der Waals surface area (Å²) in [5, 5.41) is 11.2. The Morgan fingerprint density at radius 2 is 1.77 bits per heavy atom. The average molecular weight is 444 g/mol. The van der Waals surface area contributed by atoms with Gasteiger partial charge in [-0.3, -0.25) is 4.79 Å². The first-order valence-corrected chi connectivity index (χ1v) is 10.3. The van der Waals surface area contributed by atoms with Crippen LogP contribution in [0, 0.1) is 0 Å². The number of nitrogens with two attached hydrogens (primary N) is 1. The fraction of sp³-hybridized carbons (Fsp3) is 0.286. The van der Waals surface area contributed by atoms with Crippen molar-refractivity contribution in [3.63, 3.8) is 0 Å². The third-order valence-electron chi connectivity index (χ3n) is 4.58. The number of amides is 1. The lowest BCUT2D eigenvalue weighted by atomic mass is 10.2. The van der Waals surface area contributed by atoms with Crippen molar-refractivity contribution < 1.29 is 19.0 Å². The first kappa shape index (κ1) is 22.3. The van der Waals surface area contributed by atoms with Crippen molar-refractivity contribution in [2.75, 3.05) is 27.2 Å². The summed E-state index contributed by atoms with van der Waals surface area (Å²) in [7, 11) is 4.75. The lowest BCUT2D eigenvalue weighted by Gasteiger charge is -2.13. The summed E-state index contributed by atoms with van der Waals surface area (Å²) < 4.78 is 17.1. The van der Waals surface area contributed by atoms with E-state index in [2.05, 4.69) is 15.5 Å². The first-order valence-electron chi connectivity index (χ1n) is 9.47. The van der Waals surface area contributed by atoms with Gasteiger partial charge in [-0.25, -0.2) is 4.68 Å². The van der Waals surface area contributed by atoms with E-state index in [-0.39, 0.29) is 5.91 Å². The predicted molar refractivity (Wildman–Crippen MR) is 119 cm³/mol. The summed E-state index contributed by atoms with van der Waals surface area (Å²) in [5.74, 6) is 8.50. The molecular formula is C21H25N5O4S. The van der Waals surface area contributed by atoms with Gasteiger partial charge in [0.1, 0.15) is 5.75 Å². The van der Waals surface area contributed by atoms with E-state index in [4.69, 9.17) is 20.1 Å². The number of rotatable bonds is 9. The van der Waals surface area contributed by atoms with E-state index in [0.717, 1.165) is 16.9 Å². The Balaban J connectivity index is 1.61. The maximum Gasteiger partial charge on any atom is 0.233 e. The number of hydrogen-bond acceptors (Lipinski definition) is 8. The Bertz CT molecular complexity index is 1040. The van der Waals surface area contributed by atoms with Crippen LogP contribution in [0.5, 0.6) is 17.2 Å². The molecule has 31 heavy (non-hydrogen) atoms. The number of hydrogen-bond donors (Lipinski definition) is 2. The molecule has 3 N–H and O–H groups in total. The number of aromatic nitrogens is 3. The molecule has 0 aliphatic heterocycles. The van der Waals surface area contributed by atoms with Gasteiger partial charge in [-0.05, 0) is 48.9 Å². The van der Waals surface area contributed by atoms with Crippen LogP contribution in [-0.2, 0) is 11.3 Å². The molecule has 2 aromatic carbocycles. The van der Waals surface area contributed by atoms with Crippen LogP contribution in [-0.4, -0.2) is 47.4 Å². The molecule has 1 atom stereocenters. The van der Waals surface area contributed by atoms with Gasteiger partial charge in [0.15, 0.2) is 17.3 Å². The lowest BCUT2D eigenvalue weighted by molar-refractivity contribution is -0.120. The molecule has 1 aromatic heterocycles. The summed E-state index contributed by atoms with van der Waals surface area (Å²) >= 11 is 1.23. The van der Waals surface area contributed by atoms with Crippen LogP contribution in [0.25, 0.3) is 11.4 Å². The number of nitrogens with one attached hydrogen (secondary N) is 1. The molecule has 0 bridgehead atoms. The Morgan fingerprint density at radius 3 is 2.42 bits per heavy atom. The van der Waals surface area contributed by atoms with Gasteiger partial charge in [0.05, 0.1) is 26.6 Å². The summed E-state index contributed by atoms with van der Waals surface area (Å²) in [4.78, 5) is 12.6. The third-order valence-corrected chi connectivity index (χ3v) is 5.64. The van der Waals surface area contributed by atoms with Crippen LogP contribution in [0.1, 0.15) is 12.5 Å². The van der Waals surface area contributed by atoms with Crippen molar-refractivity contribution in [3.8, 4) is 28.6 Å². The number of carbonyl (C=O) groups excluding carboxylic acids is 1. The highest BCUT2D eigenvalue weighted by Crippen LogP contribution is 2.28. The predicted octanol–water partition coefficient (Wildman–Crippen LogP) is 2.48. The van der Waals surface area contributed by atoms with E-state index >= 15 is 0 Å². The van der Waals surface area contributed by atoms with Crippen molar-refractivity contribution in [1.29, 1.82) is 0 Å². The van der Waals surface area contributed by atoms with Crippen LogP contribution in [0.4, 0.5) is 0 Å². The Hall–Kier alpha value is -3.40. The monoisotopic (exact) mass is 443 g/mol. The van der Waals surface area contributed by atoms with Crippen molar-refractivity contribution in [2.24, 2.45) is 0 Å². The minimum Gasteiger partial charge on any atom is -0.497 e. The molecule has 1 amide bonds. The summed E-state index contributed by atoms with van der Waals surface area (Å²) in [6.07, 6.45) is 0.